The van der Waals surface area contributed by atoms with E-state index < -0.39 is 6.04 Å². The Kier molecular flexibility index (Phi) is 4.91. The smallest absolute Gasteiger partial charge is 0.246 e. The van der Waals surface area contributed by atoms with Crippen LogP contribution < -0.4 is 5.32 Å². The first-order valence-electron chi connectivity index (χ1n) is 7.99. The molecule has 1 aliphatic heterocycles. The zero-order valence-corrected chi connectivity index (χ0v) is 14.6. The van der Waals surface area contributed by atoms with E-state index >= 15 is 0 Å². The predicted octanol–water partition coefficient (Wildman–Crippen LogP) is 2.42. The minimum absolute atomic E-state index is 0.0129. The summed E-state index contributed by atoms with van der Waals surface area (Å²) in [4.78, 5) is 27.0. The van der Waals surface area contributed by atoms with Crippen molar-refractivity contribution in [2.45, 2.75) is 77.3 Å². The summed E-state index contributed by atoms with van der Waals surface area (Å²) >= 11 is 1.98. The highest BCUT2D eigenvalue weighted by Gasteiger charge is 2.47. The number of hydrogen-bond donors (Lipinski definition) is 1. The van der Waals surface area contributed by atoms with Crippen molar-refractivity contribution < 1.29 is 9.59 Å². The maximum absolute atomic E-state index is 12.9. The van der Waals surface area contributed by atoms with Gasteiger partial charge < -0.3 is 10.2 Å². The molecule has 1 N–H and O–H groups in total. The molecule has 1 saturated carbocycles. The van der Waals surface area contributed by atoms with Crippen molar-refractivity contribution in [3.05, 3.63) is 0 Å². The molecule has 4 unspecified atom stereocenters. The fraction of sp³-hybridized carbons (Fsp3) is 0.875. The zero-order chi connectivity index (χ0) is 15.8. The lowest BCUT2D eigenvalue weighted by molar-refractivity contribution is -0.154. The fourth-order valence-electron chi connectivity index (χ4n) is 3.43. The highest BCUT2D eigenvalue weighted by atomic mass is 32.2. The number of carbonyl (C=O) groups excluding carboxylic acids is 2. The second-order valence-corrected chi connectivity index (χ2v) is 8.85. The number of rotatable bonds is 3. The lowest BCUT2D eigenvalue weighted by Crippen LogP contribution is -2.67. The van der Waals surface area contributed by atoms with Gasteiger partial charge in [-0.05, 0) is 37.4 Å². The molecule has 4 atom stereocenters. The minimum atomic E-state index is -0.404. The Morgan fingerprint density at radius 2 is 1.95 bits per heavy atom. The molecular formula is C16H28N2O2S. The number of nitrogens with zero attached hydrogens (tertiary/aromatic N) is 1. The molecule has 1 aliphatic carbocycles. The SMILES string of the molecule is CCSC1CCC(N2C(=O)C(C(C)(C)C)NC(=O)C2C)C1. The van der Waals surface area contributed by atoms with E-state index in [-0.39, 0.29) is 29.3 Å². The van der Waals surface area contributed by atoms with Crippen LogP contribution in [0.2, 0.25) is 0 Å². The number of amides is 2. The van der Waals surface area contributed by atoms with E-state index in [2.05, 4.69) is 12.2 Å². The van der Waals surface area contributed by atoms with Crippen molar-refractivity contribution in [1.82, 2.24) is 10.2 Å². The normalized spacial score (nSPS) is 34.2. The molecule has 1 saturated heterocycles. The molecule has 1 heterocycles. The summed E-state index contributed by atoms with van der Waals surface area (Å²) < 4.78 is 0. The minimum Gasteiger partial charge on any atom is -0.342 e. The molecule has 120 valence electrons. The van der Waals surface area contributed by atoms with Gasteiger partial charge in [0.1, 0.15) is 12.1 Å². The Labute approximate surface area is 132 Å². The standard InChI is InChI=1S/C16H28N2O2S/c1-6-21-12-8-7-11(9-12)18-10(2)14(19)17-13(15(18)20)16(3,4)5/h10-13H,6-9H2,1-5H3,(H,17,19). The number of nitrogens with one attached hydrogen (secondary N) is 1. The molecule has 4 nitrogen and oxygen atoms in total. The van der Waals surface area contributed by atoms with Crippen LogP contribution in [0.4, 0.5) is 0 Å². The largest absolute Gasteiger partial charge is 0.342 e. The number of piperazine rings is 1. The number of carbonyl (C=O) groups is 2. The molecule has 0 aromatic carbocycles. The Bertz CT molecular complexity index is 419. The van der Waals surface area contributed by atoms with Crippen molar-refractivity contribution >= 4 is 23.6 Å². The molecule has 5 heteroatoms. The summed E-state index contributed by atoms with van der Waals surface area (Å²) in [6.45, 7) is 10.1. The summed E-state index contributed by atoms with van der Waals surface area (Å²) in [6, 6.07) is -0.516. The molecule has 0 spiro atoms. The van der Waals surface area contributed by atoms with Gasteiger partial charge in [-0.1, -0.05) is 27.7 Å². The highest BCUT2D eigenvalue weighted by Crippen LogP contribution is 2.36. The second kappa shape index (κ2) is 6.19. The van der Waals surface area contributed by atoms with E-state index in [1.54, 1.807) is 0 Å². The van der Waals surface area contributed by atoms with Crippen LogP contribution in [0.1, 0.15) is 53.9 Å². The van der Waals surface area contributed by atoms with Gasteiger partial charge in [-0.25, -0.2) is 0 Å². The molecular weight excluding hydrogens is 284 g/mol. The van der Waals surface area contributed by atoms with E-state index in [0.29, 0.717) is 5.25 Å². The van der Waals surface area contributed by atoms with E-state index in [9.17, 15) is 9.59 Å². The Hall–Kier alpha value is -0.710. The average Bonchev–Trinajstić information content (AvgIpc) is 2.81. The first-order chi connectivity index (χ1) is 9.75. The van der Waals surface area contributed by atoms with Gasteiger partial charge in [0, 0.05) is 11.3 Å². The Morgan fingerprint density at radius 1 is 1.29 bits per heavy atom. The van der Waals surface area contributed by atoms with Crippen LogP contribution in [0.3, 0.4) is 0 Å². The van der Waals surface area contributed by atoms with Crippen LogP contribution in [-0.4, -0.2) is 45.8 Å². The molecule has 0 aromatic rings. The molecule has 2 fully saturated rings. The van der Waals surface area contributed by atoms with Crippen molar-refractivity contribution in [1.29, 1.82) is 0 Å². The summed E-state index contributed by atoms with van der Waals surface area (Å²) in [6.07, 6.45) is 3.21. The summed E-state index contributed by atoms with van der Waals surface area (Å²) in [5.41, 5.74) is -0.249. The van der Waals surface area contributed by atoms with Crippen LogP contribution >= 0.6 is 11.8 Å². The molecule has 2 amide bonds. The molecule has 0 aromatic heterocycles. The maximum Gasteiger partial charge on any atom is 0.246 e. The summed E-state index contributed by atoms with van der Waals surface area (Å²) in [7, 11) is 0. The van der Waals surface area contributed by atoms with Crippen molar-refractivity contribution in [3.63, 3.8) is 0 Å². The van der Waals surface area contributed by atoms with Gasteiger partial charge in [0.25, 0.3) is 0 Å². The van der Waals surface area contributed by atoms with E-state index in [1.807, 2.05) is 44.4 Å². The van der Waals surface area contributed by atoms with E-state index in [0.717, 1.165) is 25.0 Å². The van der Waals surface area contributed by atoms with Crippen LogP contribution in [-0.2, 0) is 9.59 Å². The van der Waals surface area contributed by atoms with Gasteiger partial charge >= 0.3 is 0 Å². The van der Waals surface area contributed by atoms with Gasteiger partial charge in [0.2, 0.25) is 11.8 Å². The van der Waals surface area contributed by atoms with Crippen molar-refractivity contribution in [2.75, 3.05) is 5.75 Å². The third-order valence-electron chi connectivity index (χ3n) is 4.60. The molecule has 0 radical (unpaired) electrons. The third-order valence-corrected chi connectivity index (χ3v) is 5.84. The summed E-state index contributed by atoms with van der Waals surface area (Å²) in [5, 5.41) is 3.55. The average molecular weight is 312 g/mol. The van der Waals surface area contributed by atoms with Crippen LogP contribution in [0.15, 0.2) is 0 Å². The molecule has 21 heavy (non-hydrogen) atoms. The van der Waals surface area contributed by atoms with Gasteiger partial charge in [0.15, 0.2) is 0 Å². The number of hydrogen-bond acceptors (Lipinski definition) is 3. The second-order valence-electron chi connectivity index (χ2n) is 7.27. The first-order valence-corrected chi connectivity index (χ1v) is 9.04. The molecule has 0 bridgehead atoms. The van der Waals surface area contributed by atoms with Crippen LogP contribution in [0.5, 0.6) is 0 Å². The van der Waals surface area contributed by atoms with Gasteiger partial charge in [0.05, 0.1) is 0 Å². The van der Waals surface area contributed by atoms with E-state index in [1.165, 1.54) is 0 Å². The van der Waals surface area contributed by atoms with Crippen LogP contribution in [0, 0.1) is 5.41 Å². The van der Waals surface area contributed by atoms with Gasteiger partial charge in [-0.2, -0.15) is 11.8 Å². The topological polar surface area (TPSA) is 49.4 Å². The predicted molar refractivity (Wildman–Crippen MR) is 87.3 cm³/mol. The molecule has 2 rings (SSSR count). The maximum atomic E-state index is 12.9. The first kappa shape index (κ1) is 16.7. The van der Waals surface area contributed by atoms with Crippen molar-refractivity contribution in [3.8, 4) is 0 Å². The fourth-order valence-corrected chi connectivity index (χ4v) is 4.56. The lowest BCUT2D eigenvalue weighted by atomic mass is 9.83. The zero-order valence-electron chi connectivity index (χ0n) is 13.8. The van der Waals surface area contributed by atoms with Gasteiger partial charge in [-0.15, -0.1) is 0 Å². The van der Waals surface area contributed by atoms with E-state index in [4.69, 9.17) is 0 Å². The van der Waals surface area contributed by atoms with Crippen molar-refractivity contribution in [2.24, 2.45) is 5.41 Å². The monoisotopic (exact) mass is 312 g/mol. The third kappa shape index (κ3) is 3.38. The highest BCUT2D eigenvalue weighted by molar-refractivity contribution is 7.99. The Balaban J connectivity index is 2.16. The molecule has 2 aliphatic rings. The summed E-state index contributed by atoms with van der Waals surface area (Å²) in [5.74, 6) is 1.20. The lowest BCUT2D eigenvalue weighted by Gasteiger charge is -2.44. The van der Waals surface area contributed by atoms with Gasteiger partial charge in [-0.3, -0.25) is 9.59 Å². The van der Waals surface area contributed by atoms with Crippen LogP contribution in [0.25, 0.3) is 0 Å². The quantitative estimate of drug-likeness (QED) is 0.871. The Morgan fingerprint density at radius 3 is 2.52 bits per heavy atom. The number of thioether (sulfide) groups is 1.